The van der Waals surface area contributed by atoms with Crippen LogP contribution in [-0.2, 0) is 9.59 Å². The highest BCUT2D eigenvalue weighted by Crippen LogP contribution is 2.34. The van der Waals surface area contributed by atoms with E-state index >= 15 is 0 Å². The molecule has 2 fully saturated rings. The summed E-state index contributed by atoms with van der Waals surface area (Å²) in [5, 5.41) is 3.22. The van der Waals surface area contributed by atoms with Gasteiger partial charge in [-0.3, -0.25) is 9.59 Å². The molecule has 2 heterocycles. The first-order chi connectivity index (χ1) is 15.6. The predicted molar refractivity (Wildman–Crippen MR) is 118 cm³/mol. The van der Waals surface area contributed by atoms with Gasteiger partial charge in [-0.1, -0.05) is 17.7 Å². The Morgan fingerprint density at radius 1 is 1.15 bits per heavy atom. The number of carbonyl (C=O) groups excluding carboxylic acids is 3. The molecule has 182 valence electrons. The molecule has 2 saturated heterocycles. The number of nitrogens with zero attached hydrogens (tertiary/aromatic N) is 3. The summed E-state index contributed by atoms with van der Waals surface area (Å²) < 4.78 is 38.3. The summed E-state index contributed by atoms with van der Waals surface area (Å²) in [7, 11) is 0. The van der Waals surface area contributed by atoms with E-state index in [1.165, 1.54) is 9.80 Å². The van der Waals surface area contributed by atoms with Crippen molar-refractivity contribution in [3.05, 3.63) is 29.3 Å². The summed E-state index contributed by atoms with van der Waals surface area (Å²) >= 11 is 5.93. The van der Waals surface area contributed by atoms with Gasteiger partial charge in [-0.25, -0.2) is 4.79 Å². The van der Waals surface area contributed by atoms with Gasteiger partial charge < -0.3 is 20.0 Å². The Kier molecular flexibility index (Phi) is 8.10. The van der Waals surface area contributed by atoms with Crippen molar-refractivity contribution in [3.63, 3.8) is 0 Å². The summed E-state index contributed by atoms with van der Waals surface area (Å²) in [5.41, 5.74) is 0.535. The van der Waals surface area contributed by atoms with Gasteiger partial charge in [0, 0.05) is 49.9 Å². The first-order valence-corrected chi connectivity index (χ1v) is 11.4. The van der Waals surface area contributed by atoms with Crippen LogP contribution in [0.25, 0.3) is 0 Å². The van der Waals surface area contributed by atoms with Crippen LogP contribution in [0.5, 0.6) is 0 Å². The molecule has 0 aliphatic carbocycles. The Labute approximate surface area is 195 Å². The lowest BCUT2D eigenvalue weighted by Crippen LogP contribution is -2.58. The number of piperazine rings is 1. The minimum Gasteiger partial charge on any atom is -0.343 e. The molecule has 1 N–H and O–H groups in total. The van der Waals surface area contributed by atoms with E-state index in [0.29, 0.717) is 36.8 Å². The lowest BCUT2D eigenvalue weighted by Gasteiger charge is -2.39. The number of urea groups is 1. The van der Waals surface area contributed by atoms with Crippen LogP contribution in [-0.4, -0.2) is 77.5 Å². The molecule has 0 aromatic heterocycles. The molecule has 0 radical (unpaired) electrons. The molecule has 33 heavy (non-hydrogen) atoms. The largest absolute Gasteiger partial charge is 0.391 e. The molecular formula is C22H28ClF3N4O3. The van der Waals surface area contributed by atoms with Crippen LogP contribution in [0.2, 0.25) is 5.02 Å². The fourth-order valence-corrected chi connectivity index (χ4v) is 4.42. The van der Waals surface area contributed by atoms with E-state index < -0.39 is 24.2 Å². The molecule has 1 aromatic carbocycles. The fourth-order valence-electron chi connectivity index (χ4n) is 4.23. The highest BCUT2D eigenvalue weighted by molar-refractivity contribution is 6.30. The Morgan fingerprint density at radius 2 is 1.85 bits per heavy atom. The highest BCUT2D eigenvalue weighted by Gasteiger charge is 2.41. The molecule has 4 amide bonds. The monoisotopic (exact) mass is 488 g/mol. The van der Waals surface area contributed by atoms with Crippen LogP contribution >= 0.6 is 11.6 Å². The second-order valence-electron chi connectivity index (χ2n) is 8.44. The minimum absolute atomic E-state index is 0.0650. The Bertz CT molecular complexity index is 875. The zero-order chi connectivity index (χ0) is 24.2. The molecule has 2 aliphatic heterocycles. The van der Waals surface area contributed by atoms with Crippen molar-refractivity contribution in [2.24, 2.45) is 5.92 Å². The molecule has 3 rings (SSSR count). The van der Waals surface area contributed by atoms with Gasteiger partial charge in [0.2, 0.25) is 11.8 Å². The number of piperidine rings is 1. The summed E-state index contributed by atoms with van der Waals surface area (Å²) in [6, 6.07) is 5.67. The smallest absolute Gasteiger partial charge is 0.343 e. The van der Waals surface area contributed by atoms with E-state index in [2.05, 4.69) is 5.32 Å². The zero-order valence-electron chi connectivity index (χ0n) is 18.4. The van der Waals surface area contributed by atoms with Gasteiger partial charge >= 0.3 is 12.2 Å². The van der Waals surface area contributed by atoms with Crippen LogP contribution in [0.4, 0.5) is 23.7 Å². The third-order valence-electron chi connectivity index (χ3n) is 6.21. The van der Waals surface area contributed by atoms with Crippen molar-refractivity contribution in [2.75, 3.05) is 38.0 Å². The molecule has 0 spiro atoms. The van der Waals surface area contributed by atoms with Crippen LogP contribution in [0.3, 0.4) is 0 Å². The van der Waals surface area contributed by atoms with Crippen molar-refractivity contribution in [2.45, 2.75) is 44.8 Å². The predicted octanol–water partition coefficient (Wildman–Crippen LogP) is 3.99. The topological polar surface area (TPSA) is 73.0 Å². The number of benzene rings is 1. The van der Waals surface area contributed by atoms with E-state index in [9.17, 15) is 27.6 Å². The van der Waals surface area contributed by atoms with Crippen LogP contribution in [0, 0.1) is 5.92 Å². The number of likely N-dealkylation sites (tertiary alicyclic amines) is 1. The zero-order valence-corrected chi connectivity index (χ0v) is 19.2. The average molecular weight is 489 g/mol. The van der Waals surface area contributed by atoms with Gasteiger partial charge in [0.15, 0.2) is 0 Å². The number of rotatable bonds is 5. The number of amides is 4. The summed E-state index contributed by atoms with van der Waals surface area (Å²) in [6.45, 7) is 2.92. The van der Waals surface area contributed by atoms with E-state index in [1.54, 1.807) is 36.1 Å². The first-order valence-electron chi connectivity index (χ1n) is 11.0. The highest BCUT2D eigenvalue weighted by atomic mass is 35.5. The second kappa shape index (κ2) is 10.6. The van der Waals surface area contributed by atoms with Gasteiger partial charge in [0.1, 0.15) is 6.04 Å². The molecule has 7 nitrogen and oxygen atoms in total. The molecule has 0 saturated carbocycles. The summed E-state index contributed by atoms with van der Waals surface area (Å²) in [5.74, 6) is -1.73. The van der Waals surface area contributed by atoms with Crippen LogP contribution in [0.15, 0.2) is 24.3 Å². The number of nitrogens with one attached hydrogen (secondary N) is 1. The maximum absolute atomic E-state index is 12.8. The molecule has 1 unspecified atom stereocenters. The van der Waals surface area contributed by atoms with Crippen LogP contribution in [0.1, 0.15) is 32.6 Å². The third kappa shape index (κ3) is 6.52. The Balaban J connectivity index is 1.42. The Morgan fingerprint density at radius 3 is 2.48 bits per heavy atom. The van der Waals surface area contributed by atoms with Gasteiger partial charge in [-0.15, -0.1) is 0 Å². The second-order valence-corrected chi connectivity index (χ2v) is 8.87. The van der Waals surface area contributed by atoms with E-state index in [4.69, 9.17) is 11.6 Å². The standard InChI is InChI=1S/C22H28ClF3N4O3/c1-15-20(32)29(12-13-30(15)21(33)27-18-5-2-4-17(23)14-18)9-3-6-19(31)28-10-7-16(8-11-28)22(24,25)26/h2,4-5,14-16H,3,6-13H2,1H3,(H,27,33). The van der Waals surface area contributed by atoms with Crippen molar-refractivity contribution < 1.29 is 27.6 Å². The SMILES string of the molecule is CC1C(=O)N(CCCC(=O)N2CCC(C(F)(F)F)CC2)CCN1C(=O)Nc1cccc(Cl)c1. The van der Waals surface area contributed by atoms with Gasteiger partial charge in [-0.05, 0) is 44.4 Å². The number of halogens is 4. The number of alkyl halides is 3. The number of hydrogen-bond donors (Lipinski definition) is 1. The molecule has 2 aliphatic rings. The quantitative estimate of drug-likeness (QED) is 0.681. The van der Waals surface area contributed by atoms with E-state index in [1.807, 2.05) is 0 Å². The molecule has 11 heteroatoms. The normalized spacial score (nSPS) is 20.2. The molecule has 1 aromatic rings. The number of hydrogen-bond acceptors (Lipinski definition) is 3. The lowest BCUT2D eigenvalue weighted by atomic mass is 9.96. The van der Waals surface area contributed by atoms with Crippen molar-refractivity contribution in [1.82, 2.24) is 14.7 Å². The Hall–Kier alpha value is -2.49. The fraction of sp³-hybridized carbons (Fsp3) is 0.591. The summed E-state index contributed by atoms with van der Waals surface area (Å²) in [4.78, 5) is 42.2. The van der Waals surface area contributed by atoms with Crippen molar-refractivity contribution in [1.29, 1.82) is 0 Å². The van der Waals surface area contributed by atoms with E-state index in [-0.39, 0.29) is 44.2 Å². The van der Waals surface area contributed by atoms with Crippen molar-refractivity contribution in [3.8, 4) is 0 Å². The van der Waals surface area contributed by atoms with Crippen molar-refractivity contribution >= 4 is 35.1 Å². The van der Waals surface area contributed by atoms with E-state index in [0.717, 1.165) is 0 Å². The lowest BCUT2D eigenvalue weighted by molar-refractivity contribution is -0.186. The van der Waals surface area contributed by atoms with Gasteiger partial charge in [-0.2, -0.15) is 13.2 Å². The molecule has 0 bridgehead atoms. The maximum Gasteiger partial charge on any atom is 0.391 e. The molecule has 1 atom stereocenters. The van der Waals surface area contributed by atoms with Crippen LogP contribution < -0.4 is 5.32 Å². The van der Waals surface area contributed by atoms with Gasteiger partial charge in [0.05, 0.1) is 5.92 Å². The first kappa shape index (κ1) is 25.1. The minimum atomic E-state index is -4.21. The number of carbonyl (C=O) groups is 3. The number of anilines is 1. The van der Waals surface area contributed by atoms with Gasteiger partial charge in [0.25, 0.3) is 0 Å². The average Bonchev–Trinajstić information content (AvgIpc) is 2.76. The molecular weight excluding hydrogens is 461 g/mol. The maximum atomic E-state index is 12.8. The third-order valence-corrected chi connectivity index (χ3v) is 6.45. The summed E-state index contributed by atoms with van der Waals surface area (Å²) in [6.07, 6.45) is -3.74.